The molecule has 8 heteroatoms. The third kappa shape index (κ3) is 4.90. The lowest BCUT2D eigenvalue weighted by atomic mass is 9.98. The summed E-state index contributed by atoms with van der Waals surface area (Å²) in [7, 11) is 0. The van der Waals surface area contributed by atoms with Crippen LogP contribution >= 0.6 is 0 Å². The van der Waals surface area contributed by atoms with Crippen LogP contribution in [0.5, 0.6) is 0 Å². The van der Waals surface area contributed by atoms with Gasteiger partial charge in [0.2, 0.25) is 0 Å². The minimum Gasteiger partial charge on any atom is -0.455 e. The average molecular weight is 526 g/mol. The van der Waals surface area contributed by atoms with Crippen molar-refractivity contribution < 1.29 is 18.7 Å². The maximum atomic E-state index is 13.4. The third-order valence-corrected chi connectivity index (χ3v) is 6.71. The predicted molar refractivity (Wildman–Crippen MR) is 150 cm³/mol. The van der Waals surface area contributed by atoms with Crippen LogP contribution < -0.4 is 10.7 Å². The molecule has 0 radical (unpaired) electrons. The lowest BCUT2D eigenvalue weighted by Gasteiger charge is -2.23. The van der Waals surface area contributed by atoms with Gasteiger partial charge >= 0.3 is 6.09 Å². The summed E-state index contributed by atoms with van der Waals surface area (Å²) >= 11 is 0. The highest BCUT2D eigenvalue weighted by Crippen LogP contribution is 2.35. The van der Waals surface area contributed by atoms with E-state index >= 15 is 0 Å². The zero-order valence-electron chi connectivity index (χ0n) is 22.9. The quantitative estimate of drug-likeness (QED) is 0.323. The number of aryl methyl sites for hydroxylation is 1. The standard InChI is InChI=1S/C31H31N3O5/c1-17-13-22(28-23(14-17)26(35)18(2)27(38-28)20-10-8-12-32-15-20)19(3)33-24-11-7-9-21-16-34(29(36)25(21)24)30(37)39-31(4,5)6/h7-15,19,33H,16H2,1-6H3. The Labute approximate surface area is 226 Å². The van der Waals surface area contributed by atoms with Crippen molar-refractivity contribution in [2.45, 2.75) is 59.7 Å². The fourth-order valence-corrected chi connectivity index (χ4v) is 4.92. The number of aromatic nitrogens is 1. The molecule has 1 aliphatic rings. The Hall–Kier alpha value is -4.46. The first-order valence-electron chi connectivity index (χ1n) is 12.9. The Morgan fingerprint density at radius 3 is 2.59 bits per heavy atom. The van der Waals surface area contributed by atoms with Crippen molar-refractivity contribution in [3.63, 3.8) is 0 Å². The van der Waals surface area contributed by atoms with Crippen molar-refractivity contribution in [2.24, 2.45) is 0 Å². The molecule has 2 amide bonds. The molecule has 8 nitrogen and oxygen atoms in total. The second kappa shape index (κ2) is 9.69. The van der Waals surface area contributed by atoms with Gasteiger partial charge in [-0.3, -0.25) is 14.6 Å². The average Bonchev–Trinajstić information content (AvgIpc) is 3.23. The number of benzene rings is 2. The first-order valence-corrected chi connectivity index (χ1v) is 12.9. The van der Waals surface area contributed by atoms with Crippen LogP contribution in [0.15, 0.2) is 64.1 Å². The van der Waals surface area contributed by atoms with Crippen molar-refractivity contribution in [2.75, 3.05) is 5.32 Å². The van der Waals surface area contributed by atoms with E-state index in [0.29, 0.717) is 33.5 Å². The van der Waals surface area contributed by atoms with Crippen LogP contribution in [0.1, 0.15) is 66.3 Å². The van der Waals surface area contributed by atoms with Crippen LogP contribution in [-0.4, -0.2) is 27.5 Å². The summed E-state index contributed by atoms with van der Waals surface area (Å²) in [5.74, 6) is 0.0614. The molecule has 4 aromatic rings. The van der Waals surface area contributed by atoms with E-state index in [1.54, 1.807) is 46.2 Å². The number of amides is 2. The molecule has 1 atom stereocenters. The van der Waals surface area contributed by atoms with Crippen LogP contribution in [-0.2, 0) is 11.3 Å². The molecule has 1 aliphatic heterocycles. The summed E-state index contributed by atoms with van der Waals surface area (Å²) in [5.41, 5.74) is 4.34. The van der Waals surface area contributed by atoms with E-state index in [2.05, 4.69) is 10.3 Å². The summed E-state index contributed by atoms with van der Waals surface area (Å²) < 4.78 is 11.8. The minimum absolute atomic E-state index is 0.101. The Kier molecular flexibility index (Phi) is 6.50. The first kappa shape index (κ1) is 26.2. The number of imide groups is 1. The zero-order valence-corrected chi connectivity index (χ0v) is 22.9. The fourth-order valence-electron chi connectivity index (χ4n) is 4.92. The number of nitrogens with one attached hydrogen (secondary N) is 1. The zero-order chi connectivity index (χ0) is 28.1. The summed E-state index contributed by atoms with van der Waals surface area (Å²) in [6.45, 7) is 11.1. The Morgan fingerprint density at radius 1 is 1.13 bits per heavy atom. The van der Waals surface area contributed by atoms with Crippen molar-refractivity contribution >= 4 is 28.7 Å². The van der Waals surface area contributed by atoms with Gasteiger partial charge in [-0.15, -0.1) is 0 Å². The maximum absolute atomic E-state index is 13.4. The van der Waals surface area contributed by atoms with Crippen LogP contribution in [0.4, 0.5) is 10.5 Å². The highest BCUT2D eigenvalue weighted by Gasteiger charge is 2.37. The predicted octanol–water partition coefficient (Wildman–Crippen LogP) is 6.54. The van der Waals surface area contributed by atoms with Gasteiger partial charge in [-0.25, -0.2) is 9.69 Å². The van der Waals surface area contributed by atoms with Crippen molar-refractivity contribution in [1.82, 2.24) is 9.88 Å². The molecule has 0 aliphatic carbocycles. The van der Waals surface area contributed by atoms with E-state index in [4.69, 9.17) is 9.15 Å². The van der Waals surface area contributed by atoms with E-state index in [1.165, 1.54) is 0 Å². The number of pyridine rings is 1. The molecule has 1 unspecified atom stereocenters. The molecule has 0 saturated heterocycles. The first-order chi connectivity index (χ1) is 18.4. The molecule has 1 N–H and O–H groups in total. The maximum Gasteiger partial charge on any atom is 0.417 e. The van der Waals surface area contributed by atoms with Gasteiger partial charge in [-0.2, -0.15) is 0 Å². The SMILES string of the molecule is Cc1cc(C(C)Nc2cccc3c2C(=O)N(C(=O)OC(C)(C)C)C3)c2oc(-c3cccnc3)c(C)c(=O)c2c1. The molecule has 2 aromatic carbocycles. The van der Waals surface area contributed by atoms with Gasteiger partial charge in [0.05, 0.1) is 23.5 Å². The molecular formula is C31H31N3O5. The minimum atomic E-state index is -0.717. The Balaban J connectivity index is 1.54. The van der Waals surface area contributed by atoms with Gasteiger partial charge in [0.15, 0.2) is 5.43 Å². The molecule has 0 bridgehead atoms. The summed E-state index contributed by atoms with van der Waals surface area (Å²) in [4.78, 5) is 44.7. The summed E-state index contributed by atoms with van der Waals surface area (Å²) in [5, 5.41) is 3.93. The van der Waals surface area contributed by atoms with Crippen LogP contribution in [0, 0.1) is 13.8 Å². The van der Waals surface area contributed by atoms with Crippen molar-refractivity contribution in [1.29, 1.82) is 0 Å². The van der Waals surface area contributed by atoms with Crippen molar-refractivity contribution in [3.05, 3.63) is 92.9 Å². The number of hydrogen-bond donors (Lipinski definition) is 1. The van der Waals surface area contributed by atoms with Gasteiger partial charge in [0, 0.05) is 34.8 Å². The van der Waals surface area contributed by atoms with E-state index in [0.717, 1.165) is 27.2 Å². The number of carbonyl (C=O) groups excluding carboxylic acids is 2. The molecule has 0 saturated carbocycles. The molecule has 39 heavy (non-hydrogen) atoms. The monoisotopic (exact) mass is 525 g/mol. The van der Waals surface area contributed by atoms with Crippen molar-refractivity contribution in [3.8, 4) is 11.3 Å². The number of hydrogen-bond acceptors (Lipinski definition) is 7. The molecule has 5 rings (SSSR count). The van der Waals surface area contributed by atoms with Gasteiger partial charge in [0.1, 0.15) is 16.9 Å². The van der Waals surface area contributed by atoms with Gasteiger partial charge in [0.25, 0.3) is 5.91 Å². The number of rotatable bonds is 4. The Morgan fingerprint density at radius 2 is 1.90 bits per heavy atom. The highest BCUT2D eigenvalue weighted by molar-refractivity contribution is 6.10. The van der Waals surface area contributed by atoms with Crippen LogP contribution in [0.2, 0.25) is 0 Å². The topological polar surface area (TPSA) is 102 Å². The molecule has 2 aromatic heterocycles. The smallest absolute Gasteiger partial charge is 0.417 e. The summed E-state index contributed by atoms with van der Waals surface area (Å²) in [6, 6.07) is 12.6. The second-order valence-corrected chi connectivity index (χ2v) is 10.9. The number of carbonyl (C=O) groups is 2. The lowest BCUT2D eigenvalue weighted by Crippen LogP contribution is -2.37. The number of nitrogens with zero attached hydrogens (tertiary/aromatic N) is 2. The van der Waals surface area contributed by atoms with Crippen LogP contribution in [0.25, 0.3) is 22.3 Å². The summed E-state index contributed by atoms with van der Waals surface area (Å²) in [6.07, 6.45) is 2.66. The fraction of sp³-hybridized carbons (Fsp3) is 0.290. The molecular weight excluding hydrogens is 494 g/mol. The molecule has 0 fully saturated rings. The van der Waals surface area contributed by atoms with E-state index in [9.17, 15) is 14.4 Å². The third-order valence-electron chi connectivity index (χ3n) is 6.71. The van der Waals surface area contributed by atoms with E-state index in [-0.39, 0.29) is 18.0 Å². The Bertz CT molecular complexity index is 1670. The number of ether oxygens (including phenoxy) is 1. The van der Waals surface area contributed by atoms with E-state index in [1.807, 2.05) is 50.2 Å². The highest BCUT2D eigenvalue weighted by atomic mass is 16.6. The van der Waals surface area contributed by atoms with E-state index < -0.39 is 17.6 Å². The largest absolute Gasteiger partial charge is 0.455 e. The number of fused-ring (bicyclic) bond motifs is 2. The molecule has 200 valence electrons. The van der Waals surface area contributed by atoms with Gasteiger partial charge < -0.3 is 14.5 Å². The molecule has 0 spiro atoms. The normalized spacial score (nSPS) is 13.9. The second-order valence-electron chi connectivity index (χ2n) is 10.9. The molecule has 3 heterocycles. The van der Waals surface area contributed by atoms with Gasteiger partial charge in [-0.1, -0.05) is 18.2 Å². The lowest BCUT2D eigenvalue weighted by molar-refractivity contribution is 0.0248. The van der Waals surface area contributed by atoms with Crippen LogP contribution in [0.3, 0.4) is 0 Å². The number of anilines is 1. The van der Waals surface area contributed by atoms with Gasteiger partial charge in [-0.05, 0) is 76.9 Å².